The molecular weight excluding hydrogens is 284 g/mol. The van der Waals surface area contributed by atoms with E-state index in [1.54, 1.807) is 0 Å². The van der Waals surface area contributed by atoms with Crippen molar-refractivity contribution in [2.24, 2.45) is 5.73 Å². The van der Waals surface area contributed by atoms with Crippen molar-refractivity contribution in [2.45, 2.75) is 19.6 Å². The molecule has 0 aliphatic rings. The average Bonchev–Trinajstić information content (AvgIpc) is 2.93. The summed E-state index contributed by atoms with van der Waals surface area (Å²) in [5, 5.41) is 13.8. The third kappa shape index (κ3) is 4.99. The van der Waals surface area contributed by atoms with E-state index in [4.69, 9.17) is 19.6 Å². The molecule has 1 aromatic carbocycles. The Hall–Kier alpha value is -1.60. The van der Waals surface area contributed by atoms with Crippen molar-refractivity contribution in [3.63, 3.8) is 0 Å². The highest BCUT2D eigenvalue weighted by atomic mass is 16.5. The van der Waals surface area contributed by atoms with Crippen LogP contribution in [0, 0.1) is 0 Å². The van der Waals surface area contributed by atoms with Crippen LogP contribution in [0.1, 0.15) is 12.7 Å². The molecule has 0 bridgehead atoms. The second-order valence-electron chi connectivity index (χ2n) is 5.01. The largest absolute Gasteiger partial charge is 0.491 e. The number of fused-ring (bicyclic) bond motifs is 1. The van der Waals surface area contributed by atoms with Crippen molar-refractivity contribution in [3.05, 3.63) is 30.0 Å². The van der Waals surface area contributed by atoms with E-state index in [1.807, 2.05) is 31.2 Å². The number of hydrogen-bond acceptors (Lipinski definition) is 6. The summed E-state index contributed by atoms with van der Waals surface area (Å²) in [5.41, 5.74) is 6.17. The highest BCUT2D eigenvalue weighted by Gasteiger charge is 2.08. The van der Waals surface area contributed by atoms with Gasteiger partial charge < -0.3 is 30.0 Å². The molecule has 2 aromatic rings. The number of furan rings is 1. The van der Waals surface area contributed by atoms with Gasteiger partial charge in [-0.2, -0.15) is 0 Å². The van der Waals surface area contributed by atoms with Crippen LogP contribution in [0.3, 0.4) is 0 Å². The van der Waals surface area contributed by atoms with E-state index in [9.17, 15) is 5.11 Å². The fourth-order valence-electron chi connectivity index (χ4n) is 2.06. The lowest BCUT2D eigenvalue weighted by Crippen LogP contribution is -2.34. The molecule has 1 atom stereocenters. The van der Waals surface area contributed by atoms with Crippen LogP contribution in [0.4, 0.5) is 0 Å². The van der Waals surface area contributed by atoms with Crippen molar-refractivity contribution in [1.29, 1.82) is 0 Å². The molecule has 0 aliphatic carbocycles. The van der Waals surface area contributed by atoms with E-state index in [0.717, 1.165) is 16.7 Å². The molecule has 0 saturated carbocycles. The van der Waals surface area contributed by atoms with Gasteiger partial charge in [0.1, 0.15) is 36.4 Å². The first-order valence-electron chi connectivity index (χ1n) is 7.54. The summed E-state index contributed by atoms with van der Waals surface area (Å²) < 4.78 is 16.6. The molecule has 0 saturated heterocycles. The van der Waals surface area contributed by atoms with Crippen LogP contribution < -0.4 is 15.8 Å². The van der Waals surface area contributed by atoms with Crippen molar-refractivity contribution < 1.29 is 19.0 Å². The number of aliphatic hydroxyl groups excluding tert-OH is 1. The molecule has 0 radical (unpaired) electrons. The molecule has 4 N–H and O–H groups in total. The van der Waals surface area contributed by atoms with Crippen molar-refractivity contribution in [1.82, 2.24) is 5.32 Å². The van der Waals surface area contributed by atoms with Crippen molar-refractivity contribution in [2.75, 3.05) is 32.8 Å². The van der Waals surface area contributed by atoms with Gasteiger partial charge in [-0.25, -0.2) is 0 Å². The fourth-order valence-corrected chi connectivity index (χ4v) is 2.06. The molecule has 22 heavy (non-hydrogen) atoms. The number of ether oxygens (including phenoxy) is 2. The van der Waals surface area contributed by atoms with Crippen LogP contribution in [-0.4, -0.2) is 44.1 Å². The minimum Gasteiger partial charge on any atom is -0.491 e. The second kappa shape index (κ2) is 8.75. The summed E-state index contributed by atoms with van der Waals surface area (Å²) in [6, 6.07) is 7.53. The number of benzene rings is 1. The van der Waals surface area contributed by atoms with E-state index in [0.29, 0.717) is 38.6 Å². The third-order valence-electron chi connectivity index (χ3n) is 3.13. The number of rotatable bonds is 10. The molecule has 6 heteroatoms. The topological polar surface area (TPSA) is 89.9 Å². The lowest BCUT2D eigenvalue weighted by molar-refractivity contribution is 0.107. The minimum atomic E-state index is -0.569. The molecule has 0 spiro atoms. The zero-order valence-corrected chi connectivity index (χ0v) is 12.9. The monoisotopic (exact) mass is 308 g/mol. The summed E-state index contributed by atoms with van der Waals surface area (Å²) in [6.07, 6.45) is -0.569. The first kappa shape index (κ1) is 16.8. The SMILES string of the molecule is CCOCc1cc2cc(OCC(O)CNCCN)ccc2o1. The minimum absolute atomic E-state index is 0.229. The van der Waals surface area contributed by atoms with Gasteiger partial charge in [-0.15, -0.1) is 0 Å². The molecule has 2 rings (SSSR count). The summed E-state index contributed by atoms with van der Waals surface area (Å²) in [5.74, 6) is 1.49. The first-order valence-corrected chi connectivity index (χ1v) is 7.54. The summed E-state index contributed by atoms with van der Waals surface area (Å²) in [6.45, 7) is 4.99. The van der Waals surface area contributed by atoms with Gasteiger partial charge in [0.15, 0.2) is 0 Å². The Kier molecular flexibility index (Phi) is 6.67. The standard InChI is InChI=1S/C16H24N2O4/c1-2-20-11-15-8-12-7-14(3-4-16(12)22-15)21-10-13(19)9-18-6-5-17/h3-4,7-8,13,18-19H,2,5-6,9-11,17H2,1H3. The molecule has 1 unspecified atom stereocenters. The Morgan fingerprint density at radius 2 is 2.23 bits per heavy atom. The Bertz CT molecular complexity index is 570. The average molecular weight is 308 g/mol. The van der Waals surface area contributed by atoms with Gasteiger partial charge in [-0.1, -0.05) is 0 Å². The van der Waals surface area contributed by atoms with Crippen LogP contribution >= 0.6 is 0 Å². The van der Waals surface area contributed by atoms with Gasteiger partial charge in [0, 0.05) is 31.6 Å². The van der Waals surface area contributed by atoms with Gasteiger partial charge in [0.05, 0.1) is 0 Å². The summed E-state index contributed by atoms with van der Waals surface area (Å²) in [4.78, 5) is 0. The number of hydrogen-bond donors (Lipinski definition) is 3. The second-order valence-corrected chi connectivity index (χ2v) is 5.01. The third-order valence-corrected chi connectivity index (χ3v) is 3.13. The highest BCUT2D eigenvalue weighted by molar-refractivity contribution is 5.79. The van der Waals surface area contributed by atoms with Gasteiger partial charge in [0.2, 0.25) is 0 Å². The zero-order chi connectivity index (χ0) is 15.8. The van der Waals surface area contributed by atoms with Gasteiger partial charge >= 0.3 is 0 Å². The van der Waals surface area contributed by atoms with Gasteiger partial charge in [-0.3, -0.25) is 0 Å². The maximum atomic E-state index is 9.79. The van der Waals surface area contributed by atoms with Crippen LogP contribution in [0.25, 0.3) is 11.0 Å². The normalized spacial score (nSPS) is 12.7. The van der Waals surface area contributed by atoms with E-state index in [-0.39, 0.29) is 6.61 Å². The molecule has 0 amide bonds. The van der Waals surface area contributed by atoms with E-state index < -0.39 is 6.10 Å². The van der Waals surface area contributed by atoms with Crippen molar-refractivity contribution >= 4 is 11.0 Å². The smallest absolute Gasteiger partial charge is 0.134 e. The van der Waals surface area contributed by atoms with Crippen LogP contribution in [0.15, 0.2) is 28.7 Å². The Morgan fingerprint density at radius 1 is 1.36 bits per heavy atom. The quantitative estimate of drug-likeness (QED) is 0.573. The number of nitrogens with one attached hydrogen (secondary N) is 1. The molecule has 122 valence electrons. The maximum absolute atomic E-state index is 9.79. The van der Waals surface area contributed by atoms with Gasteiger partial charge in [0.25, 0.3) is 0 Å². The molecule has 1 heterocycles. The Labute approximate surface area is 130 Å². The molecule has 0 aliphatic heterocycles. The summed E-state index contributed by atoms with van der Waals surface area (Å²) in [7, 11) is 0. The van der Waals surface area contributed by atoms with Crippen LogP contribution in [0.5, 0.6) is 5.75 Å². The lowest BCUT2D eigenvalue weighted by Gasteiger charge is -2.12. The molecule has 1 aromatic heterocycles. The highest BCUT2D eigenvalue weighted by Crippen LogP contribution is 2.24. The van der Waals surface area contributed by atoms with E-state index >= 15 is 0 Å². The lowest BCUT2D eigenvalue weighted by atomic mass is 10.2. The molecule has 6 nitrogen and oxygen atoms in total. The number of nitrogens with two attached hydrogens (primary N) is 1. The Balaban J connectivity index is 1.88. The first-order chi connectivity index (χ1) is 10.7. The fraction of sp³-hybridized carbons (Fsp3) is 0.500. The van der Waals surface area contributed by atoms with Crippen LogP contribution in [0.2, 0.25) is 0 Å². The predicted molar refractivity (Wildman–Crippen MR) is 85.0 cm³/mol. The predicted octanol–water partition coefficient (Wildman–Crippen LogP) is 1.26. The van der Waals surface area contributed by atoms with E-state index in [2.05, 4.69) is 5.32 Å². The summed E-state index contributed by atoms with van der Waals surface area (Å²) >= 11 is 0. The van der Waals surface area contributed by atoms with Crippen LogP contribution in [-0.2, 0) is 11.3 Å². The molecular formula is C16H24N2O4. The van der Waals surface area contributed by atoms with Gasteiger partial charge in [-0.05, 0) is 31.2 Å². The molecule has 0 fully saturated rings. The van der Waals surface area contributed by atoms with Crippen molar-refractivity contribution in [3.8, 4) is 5.75 Å². The Morgan fingerprint density at radius 3 is 3.00 bits per heavy atom. The maximum Gasteiger partial charge on any atom is 0.134 e. The van der Waals surface area contributed by atoms with E-state index in [1.165, 1.54) is 0 Å². The number of aliphatic hydroxyl groups is 1. The zero-order valence-electron chi connectivity index (χ0n) is 12.9.